The zero-order valence-electron chi connectivity index (χ0n) is 11.1. The monoisotopic (exact) mass is 241 g/mol. The van der Waals surface area contributed by atoms with E-state index in [0.29, 0.717) is 6.54 Å². The van der Waals surface area contributed by atoms with Crippen LogP contribution in [0.2, 0.25) is 0 Å². The fraction of sp³-hybridized carbons (Fsp3) is 1.00. The van der Waals surface area contributed by atoms with Crippen molar-refractivity contribution in [3.8, 4) is 0 Å². The topological polar surface area (TPSA) is 41.7 Å². The first-order valence-corrected chi connectivity index (χ1v) is 7.11. The predicted molar refractivity (Wildman–Crippen MR) is 70.1 cm³/mol. The molecule has 0 bridgehead atoms. The second kappa shape index (κ2) is 6.69. The first-order valence-electron chi connectivity index (χ1n) is 7.11. The Labute approximate surface area is 105 Å². The van der Waals surface area contributed by atoms with Crippen LogP contribution in [0.15, 0.2) is 0 Å². The van der Waals surface area contributed by atoms with Crippen molar-refractivity contribution < 1.29 is 4.74 Å². The maximum Gasteiger partial charge on any atom is 0.0824 e. The van der Waals surface area contributed by atoms with Crippen LogP contribution in [0.1, 0.15) is 26.2 Å². The first kappa shape index (κ1) is 13.3. The molecule has 100 valence electrons. The maximum absolute atomic E-state index is 5.71. The fourth-order valence-electron chi connectivity index (χ4n) is 3.04. The molecule has 2 saturated heterocycles. The van der Waals surface area contributed by atoms with Crippen LogP contribution in [-0.2, 0) is 4.74 Å². The molecule has 17 heavy (non-hydrogen) atoms. The molecule has 0 saturated carbocycles. The molecular formula is C13H27N3O. The van der Waals surface area contributed by atoms with Gasteiger partial charge in [-0.2, -0.15) is 0 Å². The van der Waals surface area contributed by atoms with E-state index in [1.165, 1.54) is 38.9 Å². The van der Waals surface area contributed by atoms with Crippen LogP contribution in [0.3, 0.4) is 0 Å². The Morgan fingerprint density at radius 2 is 2.12 bits per heavy atom. The summed E-state index contributed by atoms with van der Waals surface area (Å²) in [6.45, 7) is 9.63. The Kier molecular flexibility index (Phi) is 5.22. The highest BCUT2D eigenvalue weighted by molar-refractivity contribution is 4.81. The number of ether oxygens (including phenoxy) is 1. The zero-order valence-corrected chi connectivity index (χ0v) is 11.1. The minimum Gasteiger partial charge on any atom is -0.374 e. The molecule has 2 heterocycles. The molecule has 0 amide bonds. The molecule has 0 spiro atoms. The van der Waals surface area contributed by atoms with E-state index in [-0.39, 0.29) is 6.10 Å². The van der Waals surface area contributed by atoms with Gasteiger partial charge in [-0.3, -0.25) is 4.90 Å². The largest absolute Gasteiger partial charge is 0.374 e. The van der Waals surface area contributed by atoms with Gasteiger partial charge in [0.2, 0.25) is 0 Å². The average molecular weight is 241 g/mol. The van der Waals surface area contributed by atoms with E-state index < -0.39 is 0 Å². The third-order valence-corrected chi connectivity index (χ3v) is 4.19. The van der Waals surface area contributed by atoms with Crippen molar-refractivity contribution in [1.29, 1.82) is 0 Å². The van der Waals surface area contributed by atoms with E-state index in [0.717, 1.165) is 25.7 Å². The van der Waals surface area contributed by atoms with Gasteiger partial charge < -0.3 is 15.4 Å². The smallest absolute Gasteiger partial charge is 0.0824 e. The second-order valence-electron chi connectivity index (χ2n) is 5.24. The number of rotatable bonds is 3. The summed E-state index contributed by atoms with van der Waals surface area (Å²) in [6, 6.07) is 0.754. The van der Waals surface area contributed by atoms with Gasteiger partial charge in [0.15, 0.2) is 0 Å². The molecule has 0 aromatic rings. The molecule has 2 fully saturated rings. The van der Waals surface area contributed by atoms with Crippen molar-refractivity contribution in [2.24, 2.45) is 5.73 Å². The summed E-state index contributed by atoms with van der Waals surface area (Å²) in [5, 5.41) is 0. The summed E-state index contributed by atoms with van der Waals surface area (Å²) in [6.07, 6.45) is 4.25. The predicted octanol–water partition coefficient (Wildman–Crippen LogP) is 0.520. The number of nitrogens with two attached hydrogens (primary N) is 1. The van der Waals surface area contributed by atoms with Gasteiger partial charge in [-0.1, -0.05) is 6.92 Å². The molecule has 2 atom stereocenters. The number of likely N-dealkylation sites (tertiary alicyclic amines) is 1. The van der Waals surface area contributed by atoms with E-state index >= 15 is 0 Å². The molecule has 2 rings (SSSR count). The fourth-order valence-corrected chi connectivity index (χ4v) is 3.04. The van der Waals surface area contributed by atoms with Gasteiger partial charge >= 0.3 is 0 Å². The quantitative estimate of drug-likeness (QED) is 0.782. The SMILES string of the molecule is CCN1CCCC(N2CCOC(CN)C2)CC1. The summed E-state index contributed by atoms with van der Waals surface area (Å²) in [5.41, 5.74) is 5.71. The summed E-state index contributed by atoms with van der Waals surface area (Å²) in [7, 11) is 0. The van der Waals surface area contributed by atoms with Crippen LogP contribution in [0.4, 0.5) is 0 Å². The van der Waals surface area contributed by atoms with Gasteiger partial charge in [0, 0.05) is 25.7 Å². The molecule has 0 aromatic heterocycles. The molecule has 0 aliphatic carbocycles. The number of hydrogen-bond acceptors (Lipinski definition) is 4. The molecule has 4 heteroatoms. The number of morpholine rings is 1. The molecule has 2 aliphatic heterocycles. The molecule has 0 radical (unpaired) electrons. The van der Waals surface area contributed by atoms with Gasteiger partial charge in [0.25, 0.3) is 0 Å². The third-order valence-electron chi connectivity index (χ3n) is 4.19. The van der Waals surface area contributed by atoms with Gasteiger partial charge in [0.05, 0.1) is 12.7 Å². The van der Waals surface area contributed by atoms with Crippen LogP contribution >= 0.6 is 0 Å². The lowest BCUT2D eigenvalue weighted by Gasteiger charge is -2.37. The van der Waals surface area contributed by atoms with Crippen molar-refractivity contribution in [3.05, 3.63) is 0 Å². The van der Waals surface area contributed by atoms with Gasteiger partial charge in [-0.25, -0.2) is 0 Å². The summed E-state index contributed by atoms with van der Waals surface area (Å²) in [5.74, 6) is 0. The highest BCUT2D eigenvalue weighted by Crippen LogP contribution is 2.19. The average Bonchev–Trinajstić information content (AvgIpc) is 2.64. The van der Waals surface area contributed by atoms with Gasteiger partial charge in [0.1, 0.15) is 0 Å². The zero-order chi connectivity index (χ0) is 12.1. The van der Waals surface area contributed by atoms with Crippen molar-refractivity contribution in [1.82, 2.24) is 9.80 Å². The standard InChI is InChI=1S/C13H27N3O/c1-2-15-6-3-4-12(5-7-15)16-8-9-17-13(10-14)11-16/h12-13H,2-11,14H2,1H3. The van der Waals surface area contributed by atoms with Crippen LogP contribution in [-0.4, -0.2) is 67.8 Å². The minimum atomic E-state index is 0.259. The van der Waals surface area contributed by atoms with Crippen molar-refractivity contribution in [2.45, 2.75) is 38.3 Å². The minimum absolute atomic E-state index is 0.259. The molecule has 0 aromatic carbocycles. The Bertz CT molecular complexity index is 225. The maximum atomic E-state index is 5.71. The normalized spacial score (nSPS) is 33.5. The molecule has 4 nitrogen and oxygen atoms in total. The lowest BCUT2D eigenvalue weighted by molar-refractivity contribution is -0.0403. The highest BCUT2D eigenvalue weighted by Gasteiger charge is 2.27. The molecule has 2 aliphatic rings. The lowest BCUT2D eigenvalue weighted by Crippen LogP contribution is -2.50. The van der Waals surface area contributed by atoms with E-state index in [9.17, 15) is 0 Å². The van der Waals surface area contributed by atoms with E-state index in [1.54, 1.807) is 0 Å². The first-order chi connectivity index (χ1) is 8.33. The van der Waals surface area contributed by atoms with Crippen LogP contribution in [0.25, 0.3) is 0 Å². The van der Waals surface area contributed by atoms with E-state index in [2.05, 4.69) is 16.7 Å². The molecular weight excluding hydrogens is 214 g/mol. The Morgan fingerprint density at radius 3 is 2.88 bits per heavy atom. The lowest BCUT2D eigenvalue weighted by atomic mass is 10.1. The second-order valence-corrected chi connectivity index (χ2v) is 5.24. The Balaban J connectivity index is 1.84. The summed E-state index contributed by atoms with van der Waals surface area (Å²) < 4.78 is 5.64. The molecule has 2 N–H and O–H groups in total. The van der Waals surface area contributed by atoms with Crippen molar-refractivity contribution in [3.63, 3.8) is 0 Å². The van der Waals surface area contributed by atoms with Crippen LogP contribution in [0.5, 0.6) is 0 Å². The molecule has 2 unspecified atom stereocenters. The van der Waals surface area contributed by atoms with Gasteiger partial charge in [-0.05, 0) is 38.9 Å². The summed E-state index contributed by atoms with van der Waals surface area (Å²) >= 11 is 0. The summed E-state index contributed by atoms with van der Waals surface area (Å²) in [4.78, 5) is 5.18. The number of hydrogen-bond donors (Lipinski definition) is 1. The highest BCUT2D eigenvalue weighted by atomic mass is 16.5. The third kappa shape index (κ3) is 3.65. The van der Waals surface area contributed by atoms with E-state index in [4.69, 9.17) is 10.5 Å². The van der Waals surface area contributed by atoms with E-state index in [1.807, 2.05) is 0 Å². The van der Waals surface area contributed by atoms with Gasteiger partial charge in [-0.15, -0.1) is 0 Å². The van der Waals surface area contributed by atoms with Crippen LogP contribution < -0.4 is 5.73 Å². The number of nitrogens with zero attached hydrogens (tertiary/aromatic N) is 2. The van der Waals surface area contributed by atoms with Crippen LogP contribution in [0, 0.1) is 0 Å². The Hall–Kier alpha value is -0.160. The van der Waals surface area contributed by atoms with Crippen molar-refractivity contribution in [2.75, 3.05) is 45.9 Å². The van der Waals surface area contributed by atoms with Crippen molar-refractivity contribution >= 4 is 0 Å². The Morgan fingerprint density at radius 1 is 1.24 bits per heavy atom.